The standard InChI is InChI=1S/C12H16F3NO3/c13-12(14,15)9(17)16-6-1-3-8(7-16)11(10(18)19)4-2-5-11/h8H,1-7H2,(H,18,19). The summed E-state index contributed by atoms with van der Waals surface area (Å²) < 4.78 is 37.2. The summed E-state index contributed by atoms with van der Waals surface area (Å²) in [6.45, 7) is -0.0326. The predicted molar refractivity (Wildman–Crippen MR) is 59.3 cm³/mol. The van der Waals surface area contributed by atoms with Gasteiger partial charge in [-0.3, -0.25) is 9.59 Å². The molecule has 0 spiro atoms. The van der Waals surface area contributed by atoms with Gasteiger partial charge in [0.25, 0.3) is 0 Å². The van der Waals surface area contributed by atoms with Crippen LogP contribution in [0.15, 0.2) is 0 Å². The Hall–Kier alpha value is -1.27. The molecule has 2 aliphatic rings. The van der Waals surface area contributed by atoms with Crippen LogP contribution in [-0.2, 0) is 9.59 Å². The smallest absolute Gasteiger partial charge is 0.471 e. The number of hydrogen-bond acceptors (Lipinski definition) is 2. The minimum absolute atomic E-state index is 0.0601. The summed E-state index contributed by atoms with van der Waals surface area (Å²) in [6, 6.07) is 0. The van der Waals surface area contributed by atoms with E-state index in [0.29, 0.717) is 25.7 Å². The maximum absolute atomic E-state index is 12.4. The summed E-state index contributed by atoms with van der Waals surface area (Å²) in [5, 5.41) is 9.30. The van der Waals surface area contributed by atoms with Crippen molar-refractivity contribution in [3.63, 3.8) is 0 Å². The lowest BCUT2D eigenvalue weighted by molar-refractivity contribution is -0.190. The topological polar surface area (TPSA) is 57.6 Å². The molecule has 0 bridgehead atoms. The molecule has 1 aliphatic carbocycles. The van der Waals surface area contributed by atoms with Crippen molar-refractivity contribution < 1.29 is 27.9 Å². The first-order chi connectivity index (χ1) is 8.77. The van der Waals surface area contributed by atoms with Gasteiger partial charge in [-0.1, -0.05) is 6.42 Å². The fourth-order valence-corrected chi connectivity index (χ4v) is 3.15. The molecule has 1 N–H and O–H groups in total. The van der Waals surface area contributed by atoms with Crippen molar-refractivity contribution >= 4 is 11.9 Å². The minimum atomic E-state index is -4.88. The molecule has 0 aromatic rings. The Morgan fingerprint density at radius 2 is 1.84 bits per heavy atom. The van der Waals surface area contributed by atoms with E-state index < -0.39 is 23.5 Å². The molecule has 1 heterocycles. The Morgan fingerprint density at radius 3 is 2.26 bits per heavy atom. The van der Waals surface area contributed by atoms with Crippen LogP contribution in [0.3, 0.4) is 0 Å². The number of likely N-dealkylation sites (tertiary alicyclic amines) is 1. The van der Waals surface area contributed by atoms with E-state index in [2.05, 4.69) is 0 Å². The van der Waals surface area contributed by atoms with Gasteiger partial charge >= 0.3 is 18.1 Å². The van der Waals surface area contributed by atoms with Gasteiger partial charge in [0.2, 0.25) is 0 Å². The zero-order valence-electron chi connectivity index (χ0n) is 10.4. The molecule has 1 saturated heterocycles. The van der Waals surface area contributed by atoms with Crippen LogP contribution in [0.5, 0.6) is 0 Å². The fraction of sp³-hybridized carbons (Fsp3) is 0.833. The normalized spacial score (nSPS) is 26.7. The minimum Gasteiger partial charge on any atom is -0.481 e. The van der Waals surface area contributed by atoms with Crippen molar-refractivity contribution in [1.82, 2.24) is 4.90 Å². The van der Waals surface area contributed by atoms with Crippen LogP contribution >= 0.6 is 0 Å². The summed E-state index contributed by atoms with van der Waals surface area (Å²) in [6.07, 6.45) is -2.08. The molecule has 0 aromatic heterocycles. The van der Waals surface area contributed by atoms with Crippen molar-refractivity contribution in [3.8, 4) is 0 Å². The molecule has 4 nitrogen and oxygen atoms in total. The third kappa shape index (κ3) is 2.42. The number of piperidine rings is 1. The van der Waals surface area contributed by atoms with Gasteiger partial charge in [0, 0.05) is 13.1 Å². The Balaban J connectivity index is 2.09. The summed E-state index contributed by atoms with van der Waals surface area (Å²) in [4.78, 5) is 23.3. The van der Waals surface area contributed by atoms with Gasteiger partial charge in [0.15, 0.2) is 0 Å². The molecule has 0 aromatic carbocycles. The number of carbonyl (C=O) groups excluding carboxylic acids is 1. The van der Waals surface area contributed by atoms with Crippen molar-refractivity contribution in [2.24, 2.45) is 11.3 Å². The summed E-state index contributed by atoms with van der Waals surface area (Å²) in [5.41, 5.74) is -0.912. The summed E-state index contributed by atoms with van der Waals surface area (Å²) >= 11 is 0. The van der Waals surface area contributed by atoms with Gasteiger partial charge in [-0.15, -0.1) is 0 Å². The monoisotopic (exact) mass is 279 g/mol. The van der Waals surface area contributed by atoms with Crippen LogP contribution < -0.4 is 0 Å². The lowest BCUT2D eigenvalue weighted by atomic mass is 9.59. The number of hydrogen-bond donors (Lipinski definition) is 1. The number of carboxylic acids is 1. The fourth-order valence-electron chi connectivity index (χ4n) is 3.15. The average molecular weight is 279 g/mol. The van der Waals surface area contributed by atoms with Crippen molar-refractivity contribution in [3.05, 3.63) is 0 Å². The van der Waals surface area contributed by atoms with Gasteiger partial charge < -0.3 is 10.0 Å². The number of carbonyl (C=O) groups is 2. The van der Waals surface area contributed by atoms with E-state index in [0.717, 1.165) is 11.3 Å². The average Bonchev–Trinajstić information content (AvgIpc) is 2.25. The number of rotatable bonds is 2. The molecule has 1 unspecified atom stereocenters. The lowest BCUT2D eigenvalue weighted by Crippen LogP contribution is -2.54. The van der Waals surface area contributed by atoms with Crippen LogP contribution in [0.1, 0.15) is 32.1 Å². The summed E-state index contributed by atoms with van der Waals surface area (Å²) in [5.74, 6) is -3.15. The van der Waals surface area contributed by atoms with Crippen LogP contribution in [-0.4, -0.2) is 41.1 Å². The number of carboxylic acid groups (broad SMARTS) is 1. The molecule has 7 heteroatoms. The molecule has 108 valence electrons. The number of aliphatic carboxylic acids is 1. The van der Waals surface area contributed by atoms with E-state index in [1.54, 1.807) is 0 Å². The molecular formula is C12H16F3NO3. The van der Waals surface area contributed by atoms with Crippen LogP contribution in [0.25, 0.3) is 0 Å². The molecular weight excluding hydrogens is 263 g/mol. The number of nitrogens with zero attached hydrogens (tertiary/aromatic N) is 1. The van der Waals surface area contributed by atoms with Gasteiger partial charge in [0.05, 0.1) is 5.41 Å². The molecule has 2 fully saturated rings. The van der Waals surface area contributed by atoms with Crippen molar-refractivity contribution in [2.45, 2.75) is 38.3 Å². The first kappa shape index (κ1) is 14.1. The largest absolute Gasteiger partial charge is 0.481 e. The van der Waals surface area contributed by atoms with Crippen LogP contribution in [0.4, 0.5) is 13.2 Å². The van der Waals surface area contributed by atoms with Crippen molar-refractivity contribution in [1.29, 1.82) is 0 Å². The second kappa shape index (κ2) is 4.68. The highest BCUT2D eigenvalue weighted by Crippen LogP contribution is 2.50. The third-order valence-electron chi connectivity index (χ3n) is 4.40. The highest BCUT2D eigenvalue weighted by Gasteiger charge is 2.53. The Kier molecular flexibility index (Phi) is 3.49. The first-order valence-electron chi connectivity index (χ1n) is 6.37. The van der Waals surface area contributed by atoms with E-state index in [1.165, 1.54) is 0 Å². The first-order valence-corrected chi connectivity index (χ1v) is 6.37. The predicted octanol–water partition coefficient (Wildman–Crippen LogP) is 2.04. The van der Waals surface area contributed by atoms with Crippen LogP contribution in [0, 0.1) is 11.3 Å². The van der Waals surface area contributed by atoms with Crippen molar-refractivity contribution in [2.75, 3.05) is 13.1 Å². The van der Waals surface area contributed by atoms with E-state index in [9.17, 15) is 27.9 Å². The number of amides is 1. The SMILES string of the molecule is O=C(N1CCCC(C2(C(=O)O)CCC2)C1)C(F)(F)F. The second-order valence-electron chi connectivity index (χ2n) is 5.40. The maximum atomic E-state index is 12.4. The molecule has 0 radical (unpaired) electrons. The maximum Gasteiger partial charge on any atom is 0.471 e. The molecule has 19 heavy (non-hydrogen) atoms. The highest BCUT2D eigenvalue weighted by molar-refractivity contribution is 5.82. The van der Waals surface area contributed by atoms with E-state index >= 15 is 0 Å². The van der Waals surface area contributed by atoms with Gasteiger partial charge in [-0.2, -0.15) is 13.2 Å². The second-order valence-corrected chi connectivity index (χ2v) is 5.40. The highest BCUT2D eigenvalue weighted by atomic mass is 19.4. The number of alkyl halides is 3. The van der Waals surface area contributed by atoms with Gasteiger partial charge in [-0.25, -0.2) is 0 Å². The Morgan fingerprint density at radius 1 is 1.21 bits per heavy atom. The summed E-state index contributed by atoms with van der Waals surface area (Å²) in [7, 11) is 0. The van der Waals surface area contributed by atoms with E-state index in [-0.39, 0.29) is 19.0 Å². The van der Waals surface area contributed by atoms with E-state index in [4.69, 9.17) is 0 Å². The van der Waals surface area contributed by atoms with E-state index in [1.807, 2.05) is 0 Å². The molecule has 1 saturated carbocycles. The molecule has 1 amide bonds. The number of halogens is 3. The van der Waals surface area contributed by atoms with Gasteiger partial charge in [-0.05, 0) is 31.6 Å². The quantitative estimate of drug-likeness (QED) is 0.841. The third-order valence-corrected chi connectivity index (χ3v) is 4.40. The zero-order valence-corrected chi connectivity index (χ0v) is 10.4. The Labute approximate surface area is 108 Å². The Bertz CT molecular complexity index is 390. The molecule has 1 aliphatic heterocycles. The molecule has 2 rings (SSSR count). The zero-order chi connectivity index (χ0) is 14.3. The van der Waals surface area contributed by atoms with Crippen LogP contribution in [0.2, 0.25) is 0 Å². The molecule has 1 atom stereocenters. The van der Waals surface area contributed by atoms with Gasteiger partial charge in [0.1, 0.15) is 0 Å². The lowest BCUT2D eigenvalue weighted by Gasteiger charge is -2.47.